The van der Waals surface area contributed by atoms with Gasteiger partial charge in [0, 0.05) is 17.4 Å². The third-order valence-electron chi connectivity index (χ3n) is 2.05. The highest BCUT2D eigenvalue weighted by molar-refractivity contribution is 6.31. The van der Waals surface area contributed by atoms with Crippen molar-refractivity contribution in [2.24, 2.45) is 0 Å². The Morgan fingerprint density at radius 3 is 2.64 bits per heavy atom. The predicted octanol–water partition coefficient (Wildman–Crippen LogP) is 3.11. The SMILES string of the molecule is Cc1c(Cl)ccnc1-c1ccccn1. The van der Waals surface area contributed by atoms with Gasteiger partial charge in [0.1, 0.15) is 0 Å². The highest BCUT2D eigenvalue weighted by Crippen LogP contribution is 2.23. The predicted molar refractivity (Wildman–Crippen MR) is 57.2 cm³/mol. The smallest absolute Gasteiger partial charge is 0.0930 e. The van der Waals surface area contributed by atoms with Crippen molar-refractivity contribution < 1.29 is 0 Å². The maximum absolute atomic E-state index is 6.00. The van der Waals surface area contributed by atoms with E-state index in [9.17, 15) is 0 Å². The Hall–Kier alpha value is -1.41. The van der Waals surface area contributed by atoms with Crippen LogP contribution in [0.4, 0.5) is 0 Å². The summed E-state index contributed by atoms with van der Waals surface area (Å²) in [4.78, 5) is 8.49. The zero-order chi connectivity index (χ0) is 9.97. The molecule has 70 valence electrons. The molecule has 0 aromatic carbocycles. The number of nitrogens with zero attached hydrogens (tertiary/aromatic N) is 2. The van der Waals surface area contributed by atoms with Gasteiger partial charge in [-0.25, -0.2) is 0 Å². The Morgan fingerprint density at radius 1 is 1.07 bits per heavy atom. The second-order valence-corrected chi connectivity index (χ2v) is 3.39. The molecule has 0 atom stereocenters. The maximum atomic E-state index is 6.00. The van der Waals surface area contributed by atoms with Gasteiger partial charge in [0.15, 0.2) is 0 Å². The summed E-state index contributed by atoms with van der Waals surface area (Å²) in [6, 6.07) is 7.52. The fraction of sp³-hybridized carbons (Fsp3) is 0.0909. The fourth-order valence-electron chi connectivity index (χ4n) is 1.27. The summed E-state index contributed by atoms with van der Waals surface area (Å²) in [5.74, 6) is 0. The zero-order valence-electron chi connectivity index (χ0n) is 7.74. The molecule has 0 radical (unpaired) electrons. The van der Waals surface area contributed by atoms with Crippen LogP contribution in [0.15, 0.2) is 36.7 Å². The highest BCUT2D eigenvalue weighted by atomic mass is 35.5. The molecule has 2 rings (SSSR count). The van der Waals surface area contributed by atoms with Crippen LogP contribution in [0.1, 0.15) is 5.56 Å². The number of pyridine rings is 2. The van der Waals surface area contributed by atoms with Crippen molar-refractivity contribution in [2.45, 2.75) is 6.92 Å². The summed E-state index contributed by atoms with van der Waals surface area (Å²) in [6.45, 7) is 1.94. The Morgan fingerprint density at radius 2 is 1.93 bits per heavy atom. The summed E-state index contributed by atoms with van der Waals surface area (Å²) < 4.78 is 0. The van der Waals surface area contributed by atoms with Gasteiger partial charge in [0.25, 0.3) is 0 Å². The third kappa shape index (κ3) is 1.61. The molecule has 2 aromatic rings. The molecule has 0 N–H and O–H groups in total. The van der Waals surface area contributed by atoms with Gasteiger partial charge in [-0.2, -0.15) is 0 Å². The van der Waals surface area contributed by atoms with Crippen molar-refractivity contribution in [3.05, 3.63) is 47.2 Å². The molecule has 0 amide bonds. The lowest BCUT2D eigenvalue weighted by Crippen LogP contribution is -1.90. The molecule has 0 saturated heterocycles. The number of aromatic nitrogens is 2. The molecule has 14 heavy (non-hydrogen) atoms. The normalized spacial score (nSPS) is 10.1. The molecular weight excluding hydrogens is 196 g/mol. The van der Waals surface area contributed by atoms with Crippen molar-refractivity contribution in [1.82, 2.24) is 9.97 Å². The van der Waals surface area contributed by atoms with E-state index in [0.717, 1.165) is 22.0 Å². The molecule has 0 spiro atoms. The first kappa shape index (κ1) is 9.16. The van der Waals surface area contributed by atoms with Crippen molar-refractivity contribution in [2.75, 3.05) is 0 Å². The van der Waals surface area contributed by atoms with Crippen molar-refractivity contribution in [1.29, 1.82) is 0 Å². The van der Waals surface area contributed by atoms with Gasteiger partial charge in [0.2, 0.25) is 0 Å². The summed E-state index contributed by atoms with van der Waals surface area (Å²) >= 11 is 6.00. The minimum absolute atomic E-state index is 0.723. The summed E-state index contributed by atoms with van der Waals surface area (Å²) in [6.07, 6.45) is 3.44. The Bertz CT molecular complexity index is 440. The summed E-state index contributed by atoms with van der Waals surface area (Å²) in [5, 5.41) is 0.723. The van der Waals surface area contributed by atoms with Crippen LogP contribution in [0.3, 0.4) is 0 Å². The number of halogens is 1. The van der Waals surface area contributed by atoms with Crippen LogP contribution in [-0.4, -0.2) is 9.97 Å². The van der Waals surface area contributed by atoms with Crippen LogP contribution in [0.2, 0.25) is 5.02 Å². The molecular formula is C11H9ClN2. The van der Waals surface area contributed by atoms with E-state index in [-0.39, 0.29) is 0 Å². The van der Waals surface area contributed by atoms with Crippen LogP contribution in [0, 0.1) is 6.92 Å². The maximum Gasteiger partial charge on any atom is 0.0930 e. The average molecular weight is 205 g/mol. The molecule has 0 aliphatic heterocycles. The average Bonchev–Trinajstić information content (AvgIpc) is 2.23. The van der Waals surface area contributed by atoms with Crippen molar-refractivity contribution in [3.63, 3.8) is 0 Å². The van der Waals surface area contributed by atoms with Gasteiger partial charge in [-0.15, -0.1) is 0 Å². The lowest BCUT2D eigenvalue weighted by atomic mass is 10.1. The Labute approximate surface area is 87.6 Å². The van der Waals surface area contributed by atoms with E-state index in [0.29, 0.717) is 0 Å². The van der Waals surface area contributed by atoms with Crippen molar-refractivity contribution >= 4 is 11.6 Å². The van der Waals surface area contributed by atoms with E-state index in [1.54, 1.807) is 18.5 Å². The van der Waals surface area contributed by atoms with Gasteiger partial charge >= 0.3 is 0 Å². The topological polar surface area (TPSA) is 25.8 Å². The van der Waals surface area contributed by atoms with E-state index >= 15 is 0 Å². The van der Waals surface area contributed by atoms with E-state index in [2.05, 4.69) is 9.97 Å². The minimum atomic E-state index is 0.723. The molecule has 0 bridgehead atoms. The second kappa shape index (κ2) is 3.76. The molecule has 0 aliphatic rings. The van der Waals surface area contributed by atoms with Crippen LogP contribution in [0.5, 0.6) is 0 Å². The fourth-order valence-corrected chi connectivity index (χ4v) is 1.42. The lowest BCUT2D eigenvalue weighted by Gasteiger charge is -2.04. The van der Waals surface area contributed by atoms with Crippen LogP contribution < -0.4 is 0 Å². The minimum Gasteiger partial charge on any atom is -0.255 e. The second-order valence-electron chi connectivity index (χ2n) is 2.98. The molecule has 2 heterocycles. The van der Waals surface area contributed by atoms with Gasteiger partial charge in [0.05, 0.1) is 11.4 Å². The third-order valence-corrected chi connectivity index (χ3v) is 2.45. The first-order valence-electron chi connectivity index (χ1n) is 4.31. The van der Waals surface area contributed by atoms with Gasteiger partial charge < -0.3 is 0 Å². The van der Waals surface area contributed by atoms with Gasteiger partial charge in [-0.05, 0) is 30.7 Å². The van der Waals surface area contributed by atoms with E-state index in [4.69, 9.17) is 11.6 Å². The summed E-state index contributed by atoms with van der Waals surface area (Å²) in [5.41, 5.74) is 2.67. The van der Waals surface area contributed by atoms with Gasteiger partial charge in [-0.3, -0.25) is 9.97 Å². The van der Waals surface area contributed by atoms with E-state index in [1.165, 1.54) is 0 Å². The number of rotatable bonds is 1. The highest BCUT2D eigenvalue weighted by Gasteiger charge is 2.06. The molecule has 3 heteroatoms. The van der Waals surface area contributed by atoms with Crippen LogP contribution in [0.25, 0.3) is 11.4 Å². The number of hydrogen-bond acceptors (Lipinski definition) is 2. The summed E-state index contributed by atoms with van der Waals surface area (Å²) in [7, 11) is 0. The number of hydrogen-bond donors (Lipinski definition) is 0. The molecule has 0 fully saturated rings. The largest absolute Gasteiger partial charge is 0.255 e. The Balaban J connectivity index is 2.58. The first-order chi connectivity index (χ1) is 6.79. The van der Waals surface area contributed by atoms with E-state index < -0.39 is 0 Å². The monoisotopic (exact) mass is 204 g/mol. The van der Waals surface area contributed by atoms with Crippen LogP contribution >= 0.6 is 11.6 Å². The quantitative estimate of drug-likeness (QED) is 0.714. The molecule has 2 nitrogen and oxygen atoms in total. The lowest BCUT2D eigenvalue weighted by molar-refractivity contribution is 1.21. The van der Waals surface area contributed by atoms with Crippen molar-refractivity contribution in [3.8, 4) is 11.4 Å². The zero-order valence-corrected chi connectivity index (χ0v) is 8.49. The molecule has 0 saturated carbocycles. The molecule has 0 unspecified atom stereocenters. The Kier molecular flexibility index (Phi) is 2.46. The molecule has 2 aromatic heterocycles. The first-order valence-corrected chi connectivity index (χ1v) is 4.69. The van der Waals surface area contributed by atoms with E-state index in [1.807, 2.05) is 25.1 Å². The standard InChI is InChI=1S/C11H9ClN2/c1-8-9(12)5-7-14-11(8)10-4-2-3-6-13-10/h2-7H,1H3. The molecule has 0 aliphatic carbocycles. The van der Waals surface area contributed by atoms with Gasteiger partial charge in [-0.1, -0.05) is 17.7 Å². The van der Waals surface area contributed by atoms with Crippen LogP contribution in [-0.2, 0) is 0 Å².